The summed E-state index contributed by atoms with van der Waals surface area (Å²) in [6.07, 6.45) is 0.516. The number of hydrazine groups is 1. The lowest BCUT2D eigenvalue weighted by atomic mass is 10.0. The van der Waals surface area contributed by atoms with Crippen LogP contribution in [0.25, 0.3) is 0 Å². The molecule has 0 aliphatic carbocycles. The Labute approximate surface area is 132 Å². The van der Waals surface area contributed by atoms with E-state index in [1.54, 1.807) is 17.4 Å². The molecule has 1 aromatic carbocycles. The highest BCUT2D eigenvalue weighted by molar-refractivity contribution is 9.11. The number of halogens is 3. The molecule has 6 heteroatoms. The SMILES string of the molecule is Cc1cc(C(Cc2ccc(Br)cc2F)NN)sc1Br. The number of benzene rings is 1. The van der Waals surface area contributed by atoms with Gasteiger partial charge in [0.05, 0.1) is 9.83 Å². The summed E-state index contributed by atoms with van der Waals surface area (Å²) in [6, 6.07) is 7.06. The molecule has 2 aromatic rings. The normalized spacial score (nSPS) is 12.7. The smallest absolute Gasteiger partial charge is 0.127 e. The molecule has 2 rings (SSSR count). The quantitative estimate of drug-likeness (QED) is 0.579. The lowest BCUT2D eigenvalue weighted by Gasteiger charge is -2.14. The summed E-state index contributed by atoms with van der Waals surface area (Å²) in [5.41, 5.74) is 4.57. The molecular formula is C13H13Br2FN2S. The van der Waals surface area contributed by atoms with E-state index in [-0.39, 0.29) is 11.9 Å². The molecule has 1 heterocycles. The number of nitrogens with two attached hydrogens (primary N) is 1. The summed E-state index contributed by atoms with van der Waals surface area (Å²) in [7, 11) is 0. The Morgan fingerprint density at radius 1 is 1.37 bits per heavy atom. The molecule has 0 fully saturated rings. The summed E-state index contributed by atoms with van der Waals surface area (Å²) >= 11 is 8.36. The first kappa shape index (κ1) is 15.1. The van der Waals surface area contributed by atoms with Gasteiger partial charge in [-0.3, -0.25) is 11.3 Å². The van der Waals surface area contributed by atoms with E-state index in [0.29, 0.717) is 12.0 Å². The van der Waals surface area contributed by atoms with Crippen molar-refractivity contribution in [2.24, 2.45) is 5.84 Å². The largest absolute Gasteiger partial charge is 0.271 e. The molecule has 2 nitrogen and oxygen atoms in total. The van der Waals surface area contributed by atoms with Crippen molar-refractivity contribution >= 4 is 43.2 Å². The van der Waals surface area contributed by atoms with Crippen LogP contribution in [0.5, 0.6) is 0 Å². The molecule has 1 atom stereocenters. The van der Waals surface area contributed by atoms with Gasteiger partial charge < -0.3 is 0 Å². The Morgan fingerprint density at radius 2 is 2.11 bits per heavy atom. The Morgan fingerprint density at radius 3 is 2.63 bits per heavy atom. The highest BCUT2D eigenvalue weighted by atomic mass is 79.9. The van der Waals surface area contributed by atoms with Crippen LogP contribution in [-0.4, -0.2) is 0 Å². The zero-order valence-electron chi connectivity index (χ0n) is 10.2. The van der Waals surface area contributed by atoms with E-state index in [0.717, 1.165) is 18.7 Å². The summed E-state index contributed by atoms with van der Waals surface area (Å²) in [5.74, 6) is 5.38. The lowest BCUT2D eigenvalue weighted by molar-refractivity contribution is 0.535. The van der Waals surface area contributed by atoms with Crippen molar-refractivity contribution in [1.29, 1.82) is 0 Å². The van der Waals surface area contributed by atoms with Gasteiger partial charge in [-0.25, -0.2) is 4.39 Å². The fourth-order valence-corrected chi connectivity index (χ4v) is 3.77. The average Bonchev–Trinajstić information content (AvgIpc) is 2.68. The van der Waals surface area contributed by atoms with Crippen LogP contribution in [0.3, 0.4) is 0 Å². The molecular weight excluding hydrogens is 395 g/mol. The molecule has 1 aromatic heterocycles. The minimum absolute atomic E-state index is 0.0920. The molecule has 3 N–H and O–H groups in total. The Balaban J connectivity index is 2.23. The van der Waals surface area contributed by atoms with E-state index in [1.807, 2.05) is 13.0 Å². The molecule has 0 radical (unpaired) electrons. The zero-order chi connectivity index (χ0) is 14.0. The molecule has 0 aliphatic heterocycles. The second-order valence-corrected chi connectivity index (χ2v) is 7.58. The van der Waals surface area contributed by atoms with Crippen molar-refractivity contribution in [3.05, 3.63) is 54.3 Å². The zero-order valence-corrected chi connectivity index (χ0v) is 14.2. The van der Waals surface area contributed by atoms with Crippen molar-refractivity contribution in [3.8, 4) is 0 Å². The number of rotatable bonds is 4. The van der Waals surface area contributed by atoms with Gasteiger partial charge in [0, 0.05) is 9.35 Å². The van der Waals surface area contributed by atoms with E-state index in [9.17, 15) is 4.39 Å². The second-order valence-electron chi connectivity index (χ2n) is 4.26. The number of aryl methyl sites for hydroxylation is 1. The third kappa shape index (κ3) is 3.64. The minimum atomic E-state index is -0.220. The highest BCUT2D eigenvalue weighted by Crippen LogP contribution is 2.33. The van der Waals surface area contributed by atoms with Crippen LogP contribution in [0.4, 0.5) is 4.39 Å². The van der Waals surface area contributed by atoms with Gasteiger partial charge in [-0.05, 0) is 58.6 Å². The third-order valence-electron chi connectivity index (χ3n) is 2.86. The van der Waals surface area contributed by atoms with Crippen LogP contribution < -0.4 is 11.3 Å². The topological polar surface area (TPSA) is 38.0 Å². The third-order valence-corrected chi connectivity index (χ3v) is 5.60. The molecule has 1 unspecified atom stereocenters. The Kier molecular flexibility index (Phi) is 5.14. The van der Waals surface area contributed by atoms with Crippen molar-refractivity contribution < 1.29 is 4.39 Å². The monoisotopic (exact) mass is 406 g/mol. The first-order chi connectivity index (χ1) is 9.01. The van der Waals surface area contributed by atoms with Crippen LogP contribution in [0, 0.1) is 12.7 Å². The lowest BCUT2D eigenvalue weighted by Crippen LogP contribution is -2.29. The second kappa shape index (κ2) is 6.45. The van der Waals surface area contributed by atoms with Gasteiger partial charge in [0.1, 0.15) is 5.82 Å². The van der Waals surface area contributed by atoms with Crippen molar-refractivity contribution in [1.82, 2.24) is 5.43 Å². The highest BCUT2D eigenvalue weighted by Gasteiger charge is 2.16. The molecule has 102 valence electrons. The van der Waals surface area contributed by atoms with Crippen LogP contribution in [0.2, 0.25) is 0 Å². The number of nitrogens with one attached hydrogen (secondary N) is 1. The van der Waals surface area contributed by atoms with E-state index in [4.69, 9.17) is 5.84 Å². The predicted octanol–water partition coefficient (Wildman–Crippen LogP) is 4.47. The number of hydrogen-bond donors (Lipinski definition) is 2. The van der Waals surface area contributed by atoms with Crippen molar-refractivity contribution in [3.63, 3.8) is 0 Å². The van der Waals surface area contributed by atoms with Crippen LogP contribution in [0.1, 0.15) is 22.0 Å². The molecule has 19 heavy (non-hydrogen) atoms. The Bertz CT molecular complexity index is 567. The summed E-state index contributed by atoms with van der Waals surface area (Å²) in [6.45, 7) is 2.03. The average molecular weight is 408 g/mol. The maximum Gasteiger partial charge on any atom is 0.127 e. The van der Waals surface area contributed by atoms with Gasteiger partial charge in [0.25, 0.3) is 0 Å². The van der Waals surface area contributed by atoms with Crippen LogP contribution in [0.15, 0.2) is 32.5 Å². The van der Waals surface area contributed by atoms with E-state index >= 15 is 0 Å². The number of thiophene rings is 1. The number of hydrogen-bond acceptors (Lipinski definition) is 3. The van der Waals surface area contributed by atoms with Crippen LogP contribution in [-0.2, 0) is 6.42 Å². The van der Waals surface area contributed by atoms with Crippen LogP contribution >= 0.6 is 43.2 Å². The van der Waals surface area contributed by atoms with Gasteiger partial charge in [-0.15, -0.1) is 11.3 Å². The summed E-state index contributed by atoms with van der Waals surface area (Å²) in [5, 5.41) is 0. The molecule has 0 spiro atoms. The van der Waals surface area contributed by atoms with Gasteiger partial charge in [-0.1, -0.05) is 22.0 Å². The summed E-state index contributed by atoms with van der Waals surface area (Å²) < 4.78 is 15.7. The maximum atomic E-state index is 13.8. The first-order valence-corrected chi connectivity index (χ1v) is 8.07. The van der Waals surface area contributed by atoms with Crippen molar-refractivity contribution in [2.45, 2.75) is 19.4 Å². The van der Waals surface area contributed by atoms with Crippen molar-refractivity contribution in [2.75, 3.05) is 0 Å². The fourth-order valence-electron chi connectivity index (χ4n) is 1.80. The van der Waals surface area contributed by atoms with E-state index in [1.165, 1.54) is 6.07 Å². The predicted molar refractivity (Wildman–Crippen MR) is 84.6 cm³/mol. The first-order valence-electron chi connectivity index (χ1n) is 5.67. The minimum Gasteiger partial charge on any atom is -0.271 e. The van der Waals surface area contributed by atoms with Gasteiger partial charge >= 0.3 is 0 Å². The molecule has 0 saturated carbocycles. The van der Waals surface area contributed by atoms with Gasteiger partial charge in [-0.2, -0.15) is 0 Å². The molecule has 0 amide bonds. The van der Waals surface area contributed by atoms with E-state index < -0.39 is 0 Å². The van der Waals surface area contributed by atoms with E-state index in [2.05, 4.69) is 43.4 Å². The maximum absolute atomic E-state index is 13.8. The standard InChI is InChI=1S/C13H13Br2FN2S/c1-7-4-12(19-13(7)15)11(18-17)5-8-2-3-9(14)6-10(8)16/h2-4,6,11,18H,5,17H2,1H3. The molecule has 0 bridgehead atoms. The molecule has 0 saturated heterocycles. The Hall–Kier alpha value is -0.270. The van der Waals surface area contributed by atoms with Gasteiger partial charge in [0.2, 0.25) is 0 Å². The fraction of sp³-hybridized carbons (Fsp3) is 0.231. The summed E-state index contributed by atoms with van der Waals surface area (Å²) in [4.78, 5) is 1.09. The molecule has 0 aliphatic rings. The van der Waals surface area contributed by atoms with Gasteiger partial charge in [0.15, 0.2) is 0 Å².